The molecule has 0 radical (unpaired) electrons. The highest BCUT2D eigenvalue weighted by Crippen LogP contribution is 2.50. The van der Waals surface area contributed by atoms with E-state index < -0.39 is 0 Å². The van der Waals surface area contributed by atoms with E-state index in [1.165, 1.54) is 77.4 Å². The zero-order chi connectivity index (χ0) is 61.5. The van der Waals surface area contributed by atoms with Gasteiger partial charge in [-0.3, -0.25) is 9.13 Å². The van der Waals surface area contributed by atoms with Gasteiger partial charge in [0.15, 0.2) is 0 Å². The lowest BCUT2D eigenvalue weighted by Gasteiger charge is -2.46. The van der Waals surface area contributed by atoms with Crippen LogP contribution in [0.15, 0.2) is 279 Å². The Labute approximate surface area is 533 Å². The molecule has 0 saturated heterocycles. The molecule has 2 aliphatic rings. The molecule has 12 aromatic carbocycles. The largest absolute Gasteiger partial charge is 0.349 e. The maximum Gasteiger partial charge on any atom is 0.145 e. The van der Waals surface area contributed by atoms with Crippen LogP contribution in [0.3, 0.4) is 0 Å². The second-order valence-corrected chi connectivity index (χ2v) is 26.6. The van der Waals surface area contributed by atoms with Gasteiger partial charge < -0.3 is 9.80 Å². The highest BCUT2D eigenvalue weighted by molar-refractivity contribution is 6.09. The summed E-state index contributed by atoms with van der Waals surface area (Å²) in [4.78, 5) is 16.4. The fourth-order valence-electron chi connectivity index (χ4n) is 14.2. The first kappa shape index (κ1) is 55.5. The number of nitrogens with zero attached hydrogens (tertiary/aromatic N) is 6. The van der Waals surface area contributed by atoms with Gasteiger partial charge in [-0.2, -0.15) is 0 Å². The normalized spacial score (nSPS) is 13.0. The van der Waals surface area contributed by atoms with Gasteiger partial charge in [0.1, 0.15) is 11.6 Å². The van der Waals surface area contributed by atoms with E-state index in [0.29, 0.717) is 0 Å². The van der Waals surface area contributed by atoms with E-state index in [9.17, 15) is 0 Å². The van der Waals surface area contributed by atoms with Crippen molar-refractivity contribution in [1.29, 1.82) is 0 Å². The summed E-state index contributed by atoms with van der Waals surface area (Å²) in [6.45, 7) is 16.0. The molecule has 440 valence electrons. The van der Waals surface area contributed by atoms with E-state index in [1.807, 2.05) is 0 Å². The molecule has 0 atom stereocenters. The average Bonchev–Trinajstić information content (AvgIpc) is 1.71. The third-order valence-electron chi connectivity index (χ3n) is 18.7. The van der Waals surface area contributed by atoms with Crippen molar-refractivity contribution in [2.24, 2.45) is 0 Å². The number of benzene rings is 12. The maximum atomic E-state index is 5.58. The van der Waals surface area contributed by atoms with Gasteiger partial charge in [-0.25, -0.2) is 9.97 Å². The minimum absolute atomic E-state index is 0.0237. The third kappa shape index (κ3) is 9.82. The Morgan fingerprint density at radius 1 is 0.297 bits per heavy atom. The fourth-order valence-corrected chi connectivity index (χ4v) is 14.2. The highest BCUT2D eigenvalue weighted by Gasteiger charge is 2.34. The van der Waals surface area contributed by atoms with E-state index in [-0.39, 0.29) is 10.8 Å². The number of rotatable bonds is 10. The smallest absolute Gasteiger partial charge is 0.145 e. The Balaban J connectivity index is 0.764. The maximum absolute atomic E-state index is 5.58. The quantitative estimate of drug-likeness (QED) is 0.137. The average molecular weight is 1180 g/mol. The molecule has 14 aromatic rings. The van der Waals surface area contributed by atoms with Crippen molar-refractivity contribution in [2.75, 3.05) is 16.5 Å². The summed E-state index contributed by atoms with van der Waals surface area (Å²) >= 11 is 0. The van der Waals surface area contributed by atoms with Crippen LogP contribution in [0.4, 0.5) is 11.4 Å². The first-order valence-electron chi connectivity index (χ1n) is 31.9. The summed E-state index contributed by atoms with van der Waals surface area (Å²) in [5.41, 5.74) is 25.5. The van der Waals surface area contributed by atoms with Crippen molar-refractivity contribution in [1.82, 2.24) is 19.1 Å². The molecule has 0 spiro atoms. The summed E-state index contributed by atoms with van der Waals surface area (Å²) in [5.74, 6) is 1.80. The standard InChI is InChI=1S/C85H70N6/c1-84(2,3)66-43-47-68(48-44-66)90-80(60-27-15-9-16-28-60)76(58-23-11-7-12-24-58)86-82(90)62-39-35-56(36-40-62)74-51-64-53-88-55-89(78(64)72-33-21-19-31-70(72)74)54-65-52-75(71-32-20-22-34-73(71)79(65)88)57-37-41-63(42-38-57)83-87-77(59-25-13-8-14-26-59)81(61-29-17-10-18-30-61)91(83)69-49-45-67(46-50-69)85(4,5)6/h7-52H,53-55H2,1-6H3. The van der Waals surface area contributed by atoms with Gasteiger partial charge in [-0.05, 0) is 103 Å². The summed E-state index contributed by atoms with van der Waals surface area (Å²) < 4.78 is 4.73. The number of anilines is 2. The molecule has 0 N–H and O–H groups in total. The van der Waals surface area contributed by atoms with E-state index in [1.54, 1.807) is 0 Å². The lowest BCUT2D eigenvalue weighted by Crippen LogP contribution is -2.46. The van der Waals surface area contributed by atoms with Crippen LogP contribution in [-0.2, 0) is 23.9 Å². The molecule has 0 amide bonds. The van der Waals surface area contributed by atoms with Gasteiger partial charge in [0.25, 0.3) is 0 Å². The Hall–Kier alpha value is -10.8. The molecule has 0 fully saturated rings. The molecule has 16 rings (SSSR count). The molecule has 2 bridgehead atoms. The first-order chi connectivity index (χ1) is 44.4. The van der Waals surface area contributed by atoms with E-state index in [2.05, 4.69) is 340 Å². The second-order valence-electron chi connectivity index (χ2n) is 26.6. The zero-order valence-electron chi connectivity index (χ0n) is 52.4. The molecule has 4 heterocycles. The molecule has 6 nitrogen and oxygen atoms in total. The van der Waals surface area contributed by atoms with Crippen LogP contribution < -0.4 is 9.80 Å². The van der Waals surface area contributed by atoms with Crippen molar-refractivity contribution in [3.05, 3.63) is 301 Å². The number of imidazole rings is 2. The summed E-state index contributed by atoms with van der Waals surface area (Å²) in [6, 6.07) is 102. The SMILES string of the molecule is CC(C)(C)c1ccc(-n2c(-c3ccc(-c4cc5c(c6ccccc46)N4Cc6cc(-c7ccc(-c8nc(-c9ccccc9)c(-c9ccccc9)n8-c8ccc(C(C)(C)C)cc8)cc7)c7ccccc7c6N(C5)C4)cc3)nc(-c3ccccc3)c2-c2ccccc2)cc1. The minimum Gasteiger partial charge on any atom is -0.349 e. The van der Waals surface area contributed by atoms with Crippen LogP contribution in [0.2, 0.25) is 0 Å². The van der Waals surface area contributed by atoms with Crippen LogP contribution in [0.1, 0.15) is 63.8 Å². The molecule has 91 heavy (non-hydrogen) atoms. The van der Waals surface area contributed by atoms with Crippen molar-refractivity contribution in [2.45, 2.75) is 65.5 Å². The number of hydrogen-bond acceptors (Lipinski definition) is 4. The fraction of sp³-hybridized carbons (Fsp3) is 0.129. The van der Waals surface area contributed by atoms with Crippen LogP contribution in [-0.4, -0.2) is 25.8 Å². The molecular weight excluding hydrogens is 1100 g/mol. The van der Waals surface area contributed by atoms with E-state index in [0.717, 1.165) is 98.9 Å². The van der Waals surface area contributed by atoms with Crippen LogP contribution in [0.5, 0.6) is 0 Å². The van der Waals surface area contributed by atoms with Gasteiger partial charge in [0.05, 0.1) is 40.8 Å². The summed E-state index contributed by atoms with van der Waals surface area (Å²) in [6.07, 6.45) is 0. The summed E-state index contributed by atoms with van der Waals surface area (Å²) in [5, 5.41) is 5.06. The Morgan fingerprint density at radius 2 is 0.604 bits per heavy atom. The molecule has 6 heteroatoms. The van der Waals surface area contributed by atoms with Gasteiger partial charge in [0.2, 0.25) is 0 Å². The number of hydrogen-bond donors (Lipinski definition) is 0. The van der Waals surface area contributed by atoms with Crippen molar-refractivity contribution < 1.29 is 0 Å². The first-order valence-corrected chi connectivity index (χ1v) is 31.9. The molecule has 2 aromatic heterocycles. The predicted molar refractivity (Wildman–Crippen MR) is 380 cm³/mol. The van der Waals surface area contributed by atoms with E-state index in [4.69, 9.17) is 9.97 Å². The lowest BCUT2D eigenvalue weighted by molar-refractivity contribution is 0.590. The molecule has 0 aliphatic carbocycles. The number of fused-ring (bicyclic) bond motifs is 10. The van der Waals surface area contributed by atoms with Gasteiger partial charge in [-0.15, -0.1) is 0 Å². The topological polar surface area (TPSA) is 42.1 Å². The Kier molecular flexibility index (Phi) is 13.4. The van der Waals surface area contributed by atoms with Gasteiger partial charge in [-0.1, -0.05) is 284 Å². The van der Waals surface area contributed by atoms with Crippen molar-refractivity contribution >= 4 is 32.9 Å². The molecule has 0 saturated carbocycles. The Morgan fingerprint density at radius 3 is 0.945 bits per heavy atom. The minimum atomic E-state index is 0.0237. The highest BCUT2D eigenvalue weighted by atomic mass is 15.4. The van der Waals surface area contributed by atoms with Gasteiger partial charge in [0, 0.05) is 68.6 Å². The summed E-state index contributed by atoms with van der Waals surface area (Å²) in [7, 11) is 0. The second kappa shape index (κ2) is 22.0. The molecule has 2 aliphatic heterocycles. The number of aromatic nitrogens is 4. The van der Waals surface area contributed by atoms with Crippen molar-refractivity contribution in [3.63, 3.8) is 0 Å². The van der Waals surface area contributed by atoms with Crippen LogP contribution >= 0.6 is 0 Å². The van der Waals surface area contributed by atoms with Crippen molar-refractivity contribution in [3.8, 4) is 101 Å². The van der Waals surface area contributed by atoms with Gasteiger partial charge >= 0.3 is 0 Å². The lowest BCUT2D eigenvalue weighted by atomic mass is 9.87. The van der Waals surface area contributed by atoms with Crippen LogP contribution in [0, 0.1) is 0 Å². The monoisotopic (exact) mass is 1170 g/mol. The van der Waals surface area contributed by atoms with E-state index >= 15 is 0 Å². The molecular formula is C85H70N6. The third-order valence-corrected chi connectivity index (χ3v) is 18.7. The Bertz CT molecular complexity index is 4710. The zero-order valence-corrected chi connectivity index (χ0v) is 52.4. The molecule has 0 unspecified atom stereocenters. The van der Waals surface area contributed by atoms with Crippen LogP contribution in [0.25, 0.3) is 123 Å². The predicted octanol–water partition coefficient (Wildman–Crippen LogP) is 21.6.